The van der Waals surface area contributed by atoms with Gasteiger partial charge >= 0.3 is 0 Å². The third-order valence-electron chi connectivity index (χ3n) is 4.80. The topological polar surface area (TPSA) is 48.9 Å². The monoisotopic (exact) mass is 360 g/mol. The second-order valence-corrected chi connectivity index (χ2v) is 7.64. The lowest BCUT2D eigenvalue weighted by Crippen LogP contribution is -2.51. The molecule has 0 radical (unpaired) electrons. The van der Waals surface area contributed by atoms with Gasteiger partial charge in [-0.2, -0.15) is 0 Å². The Balaban J connectivity index is 1.70. The van der Waals surface area contributed by atoms with E-state index in [1.807, 2.05) is 7.05 Å². The van der Waals surface area contributed by atoms with Crippen molar-refractivity contribution in [3.8, 4) is 0 Å². The number of likely N-dealkylation sites (tertiary alicyclic amines) is 1. The average Bonchev–Trinajstić information content (AvgIpc) is 2.63. The molecule has 5 heteroatoms. The number of rotatable bonds is 8. The maximum absolute atomic E-state index is 5.62. The van der Waals surface area contributed by atoms with Gasteiger partial charge in [-0.25, -0.2) is 0 Å². The lowest BCUT2D eigenvalue weighted by Gasteiger charge is -2.38. The molecule has 0 bridgehead atoms. The maximum Gasteiger partial charge on any atom is 0.191 e. The SMILES string of the molecule is CN=C(NCCOCC(C)C)NC1CCN(Cc2ccccc2)C(C)C1. The molecule has 1 fully saturated rings. The molecule has 0 aliphatic carbocycles. The fourth-order valence-corrected chi connectivity index (χ4v) is 3.35. The molecule has 2 N–H and O–H groups in total. The van der Waals surface area contributed by atoms with Crippen molar-refractivity contribution in [2.24, 2.45) is 10.9 Å². The van der Waals surface area contributed by atoms with E-state index < -0.39 is 0 Å². The first-order chi connectivity index (χ1) is 12.6. The van der Waals surface area contributed by atoms with Crippen LogP contribution in [0.3, 0.4) is 0 Å². The molecule has 2 unspecified atom stereocenters. The molecule has 0 spiro atoms. The molecule has 1 heterocycles. The number of benzene rings is 1. The highest BCUT2D eigenvalue weighted by atomic mass is 16.5. The van der Waals surface area contributed by atoms with Crippen molar-refractivity contribution in [3.63, 3.8) is 0 Å². The van der Waals surface area contributed by atoms with Crippen molar-refractivity contribution >= 4 is 5.96 Å². The Labute approximate surface area is 159 Å². The van der Waals surface area contributed by atoms with Crippen LogP contribution in [0.15, 0.2) is 35.3 Å². The quantitative estimate of drug-likeness (QED) is 0.425. The van der Waals surface area contributed by atoms with Gasteiger partial charge in [0.25, 0.3) is 0 Å². The van der Waals surface area contributed by atoms with E-state index >= 15 is 0 Å². The van der Waals surface area contributed by atoms with E-state index in [9.17, 15) is 0 Å². The van der Waals surface area contributed by atoms with Crippen LogP contribution in [0.25, 0.3) is 0 Å². The van der Waals surface area contributed by atoms with E-state index in [2.05, 4.69) is 71.6 Å². The van der Waals surface area contributed by atoms with E-state index in [-0.39, 0.29) is 0 Å². The maximum atomic E-state index is 5.62. The summed E-state index contributed by atoms with van der Waals surface area (Å²) in [6.45, 7) is 11.1. The molecular weight excluding hydrogens is 324 g/mol. The minimum absolute atomic E-state index is 0.472. The van der Waals surface area contributed by atoms with Crippen LogP contribution in [-0.4, -0.2) is 56.3 Å². The lowest BCUT2D eigenvalue weighted by molar-refractivity contribution is 0.114. The van der Waals surface area contributed by atoms with Gasteiger partial charge in [-0.1, -0.05) is 44.2 Å². The number of nitrogens with zero attached hydrogens (tertiary/aromatic N) is 2. The van der Waals surface area contributed by atoms with Gasteiger partial charge in [-0.15, -0.1) is 0 Å². The first-order valence-electron chi connectivity index (χ1n) is 9.91. The van der Waals surface area contributed by atoms with Crippen LogP contribution in [-0.2, 0) is 11.3 Å². The molecule has 0 amide bonds. The summed E-state index contributed by atoms with van der Waals surface area (Å²) >= 11 is 0. The first-order valence-corrected chi connectivity index (χ1v) is 9.91. The normalized spacial score (nSPS) is 21.8. The highest BCUT2D eigenvalue weighted by Gasteiger charge is 2.25. The molecule has 1 aliphatic heterocycles. The number of nitrogens with one attached hydrogen (secondary N) is 2. The smallest absolute Gasteiger partial charge is 0.191 e. The summed E-state index contributed by atoms with van der Waals surface area (Å²) < 4.78 is 5.62. The summed E-state index contributed by atoms with van der Waals surface area (Å²) in [7, 11) is 1.83. The highest BCUT2D eigenvalue weighted by Crippen LogP contribution is 2.19. The zero-order valence-electron chi connectivity index (χ0n) is 16.9. The van der Waals surface area contributed by atoms with Crippen LogP contribution >= 0.6 is 0 Å². The number of ether oxygens (including phenoxy) is 1. The Hall–Kier alpha value is -1.59. The molecule has 2 atom stereocenters. The van der Waals surface area contributed by atoms with Crippen molar-refractivity contribution in [1.82, 2.24) is 15.5 Å². The largest absolute Gasteiger partial charge is 0.379 e. The van der Waals surface area contributed by atoms with Gasteiger partial charge in [-0.05, 0) is 31.2 Å². The van der Waals surface area contributed by atoms with Crippen LogP contribution < -0.4 is 10.6 Å². The standard InChI is InChI=1S/C21H36N4O/c1-17(2)16-26-13-11-23-21(22-4)24-20-10-12-25(18(3)14-20)15-19-8-6-5-7-9-19/h5-9,17-18,20H,10-16H2,1-4H3,(H2,22,23,24). The number of piperidine rings is 1. The summed E-state index contributed by atoms with van der Waals surface area (Å²) in [5, 5.41) is 6.93. The van der Waals surface area contributed by atoms with Gasteiger partial charge < -0.3 is 15.4 Å². The Morgan fingerprint density at radius 3 is 2.73 bits per heavy atom. The summed E-state index contributed by atoms with van der Waals surface area (Å²) in [6, 6.07) is 11.8. The Bertz CT molecular complexity index is 532. The molecule has 1 aromatic carbocycles. The zero-order chi connectivity index (χ0) is 18.8. The molecule has 26 heavy (non-hydrogen) atoms. The summed E-state index contributed by atoms with van der Waals surface area (Å²) in [5.41, 5.74) is 1.39. The zero-order valence-corrected chi connectivity index (χ0v) is 16.9. The Morgan fingerprint density at radius 2 is 2.08 bits per heavy atom. The second-order valence-electron chi connectivity index (χ2n) is 7.64. The van der Waals surface area contributed by atoms with E-state index in [1.54, 1.807) is 0 Å². The van der Waals surface area contributed by atoms with Crippen LogP contribution in [0.5, 0.6) is 0 Å². The number of aliphatic imine (C=N–C) groups is 1. The Kier molecular flexibility index (Phi) is 8.92. The molecule has 1 saturated heterocycles. The molecular formula is C21H36N4O. The third kappa shape index (κ3) is 7.34. The Morgan fingerprint density at radius 1 is 1.31 bits per heavy atom. The van der Waals surface area contributed by atoms with Gasteiger partial charge in [0.2, 0.25) is 0 Å². The number of hydrogen-bond acceptors (Lipinski definition) is 3. The van der Waals surface area contributed by atoms with Gasteiger partial charge in [0.15, 0.2) is 5.96 Å². The van der Waals surface area contributed by atoms with Crippen molar-refractivity contribution in [1.29, 1.82) is 0 Å². The van der Waals surface area contributed by atoms with E-state index in [4.69, 9.17) is 4.74 Å². The molecule has 1 aliphatic rings. The second kappa shape index (κ2) is 11.2. The van der Waals surface area contributed by atoms with Crippen molar-refractivity contribution in [3.05, 3.63) is 35.9 Å². The fourth-order valence-electron chi connectivity index (χ4n) is 3.35. The minimum atomic E-state index is 0.472. The van der Waals surface area contributed by atoms with Gasteiger partial charge in [0.05, 0.1) is 6.61 Å². The average molecular weight is 361 g/mol. The summed E-state index contributed by atoms with van der Waals surface area (Å²) in [5.74, 6) is 1.46. The van der Waals surface area contributed by atoms with Crippen LogP contribution in [0, 0.1) is 5.92 Å². The highest BCUT2D eigenvalue weighted by molar-refractivity contribution is 5.79. The van der Waals surface area contributed by atoms with Gasteiger partial charge in [-0.3, -0.25) is 9.89 Å². The third-order valence-corrected chi connectivity index (χ3v) is 4.80. The van der Waals surface area contributed by atoms with Gasteiger partial charge in [0, 0.05) is 45.4 Å². The lowest BCUT2D eigenvalue weighted by atomic mass is 9.97. The minimum Gasteiger partial charge on any atom is -0.379 e. The predicted octanol–water partition coefficient (Wildman–Crippen LogP) is 2.88. The summed E-state index contributed by atoms with van der Waals surface area (Å²) in [4.78, 5) is 6.92. The molecule has 0 aromatic heterocycles. The van der Waals surface area contributed by atoms with Crippen LogP contribution in [0.2, 0.25) is 0 Å². The molecule has 5 nitrogen and oxygen atoms in total. The first kappa shape index (κ1) is 20.7. The molecule has 146 valence electrons. The van der Waals surface area contributed by atoms with Crippen molar-refractivity contribution in [2.75, 3.05) is 33.4 Å². The number of guanidine groups is 1. The molecule has 0 saturated carbocycles. The molecule has 2 rings (SSSR count). The van der Waals surface area contributed by atoms with E-state index in [0.29, 0.717) is 24.6 Å². The predicted molar refractivity (Wildman–Crippen MR) is 109 cm³/mol. The molecule has 1 aromatic rings. The van der Waals surface area contributed by atoms with Crippen molar-refractivity contribution in [2.45, 2.75) is 52.2 Å². The van der Waals surface area contributed by atoms with E-state index in [0.717, 1.165) is 45.0 Å². The van der Waals surface area contributed by atoms with E-state index in [1.165, 1.54) is 5.56 Å². The fraction of sp³-hybridized carbons (Fsp3) is 0.667. The van der Waals surface area contributed by atoms with Crippen LogP contribution in [0.4, 0.5) is 0 Å². The number of hydrogen-bond donors (Lipinski definition) is 2. The van der Waals surface area contributed by atoms with Gasteiger partial charge in [0.1, 0.15) is 0 Å². The van der Waals surface area contributed by atoms with Crippen molar-refractivity contribution < 1.29 is 4.74 Å². The van der Waals surface area contributed by atoms with Crippen LogP contribution in [0.1, 0.15) is 39.2 Å². The summed E-state index contributed by atoms with van der Waals surface area (Å²) in [6.07, 6.45) is 2.28.